The van der Waals surface area contributed by atoms with E-state index in [4.69, 9.17) is 4.74 Å². The van der Waals surface area contributed by atoms with E-state index >= 15 is 0 Å². The van der Waals surface area contributed by atoms with Gasteiger partial charge in [0, 0.05) is 0 Å². The van der Waals surface area contributed by atoms with Gasteiger partial charge in [-0.2, -0.15) is 0 Å². The number of benzene rings is 1. The molecule has 0 aromatic heterocycles. The lowest BCUT2D eigenvalue weighted by molar-refractivity contribution is 0.243. The SMILES string of the molecule is CCOc1ccc(C(CO)NCC2CC2)cc1. The number of aliphatic hydroxyl groups is 1. The van der Waals surface area contributed by atoms with Crippen molar-refractivity contribution in [1.82, 2.24) is 5.32 Å². The normalized spacial score (nSPS) is 16.8. The van der Waals surface area contributed by atoms with Crippen LogP contribution in [0.2, 0.25) is 0 Å². The molecule has 1 aliphatic rings. The van der Waals surface area contributed by atoms with Crippen molar-refractivity contribution < 1.29 is 9.84 Å². The number of hydrogen-bond acceptors (Lipinski definition) is 3. The van der Waals surface area contributed by atoms with E-state index in [-0.39, 0.29) is 12.6 Å². The average molecular weight is 235 g/mol. The van der Waals surface area contributed by atoms with Gasteiger partial charge in [-0.05, 0) is 49.9 Å². The first-order chi connectivity index (χ1) is 8.33. The molecule has 0 radical (unpaired) electrons. The first-order valence-corrected chi connectivity index (χ1v) is 6.40. The van der Waals surface area contributed by atoms with Gasteiger partial charge in [0.15, 0.2) is 0 Å². The summed E-state index contributed by atoms with van der Waals surface area (Å²) in [6, 6.07) is 8.00. The highest BCUT2D eigenvalue weighted by Gasteiger charge is 2.22. The highest BCUT2D eigenvalue weighted by atomic mass is 16.5. The molecule has 1 unspecified atom stereocenters. The molecule has 0 amide bonds. The number of rotatable bonds is 7. The number of aliphatic hydroxyl groups excluding tert-OH is 1. The Balaban J connectivity index is 1.92. The van der Waals surface area contributed by atoms with Crippen LogP contribution in [0.15, 0.2) is 24.3 Å². The molecular weight excluding hydrogens is 214 g/mol. The summed E-state index contributed by atoms with van der Waals surface area (Å²) in [6.07, 6.45) is 2.66. The van der Waals surface area contributed by atoms with E-state index in [0.29, 0.717) is 6.61 Å². The van der Waals surface area contributed by atoms with Crippen LogP contribution in [0.25, 0.3) is 0 Å². The average Bonchev–Trinajstić information content (AvgIpc) is 3.16. The van der Waals surface area contributed by atoms with E-state index in [1.165, 1.54) is 12.8 Å². The van der Waals surface area contributed by atoms with Gasteiger partial charge in [-0.1, -0.05) is 12.1 Å². The molecule has 1 aromatic rings. The minimum atomic E-state index is 0.0475. The fraction of sp³-hybridized carbons (Fsp3) is 0.571. The fourth-order valence-electron chi connectivity index (χ4n) is 1.88. The summed E-state index contributed by atoms with van der Waals surface area (Å²) in [5, 5.41) is 12.8. The second-order valence-corrected chi connectivity index (χ2v) is 4.59. The topological polar surface area (TPSA) is 41.5 Å². The Bertz CT molecular complexity index is 333. The molecule has 0 bridgehead atoms. The van der Waals surface area contributed by atoms with Crippen molar-refractivity contribution in [1.29, 1.82) is 0 Å². The summed E-state index contributed by atoms with van der Waals surface area (Å²) < 4.78 is 5.40. The van der Waals surface area contributed by atoms with Crippen molar-refractivity contribution in [2.75, 3.05) is 19.8 Å². The zero-order valence-electron chi connectivity index (χ0n) is 10.4. The van der Waals surface area contributed by atoms with Crippen LogP contribution < -0.4 is 10.1 Å². The molecule has 17 heavy (non-hydrogen) atoms. The second kappa shape index (κ2) is 6.03. The Morgan fingerprint density at radius 3 is 2.59 bits per heavy atom. The lowest BCUT2D eigenvalue weighted by Gasteiger charge is -2.17. The highest BCUT2D eigenvalue weighted by molar-refractivity contribution is 5.29. The van der Waals surface area contributed by atoms with E-state index in [9.17, 15) is 5.11 Å². The summed E-state index contributed by atoms with van der Waals surface area (Å²) in [5.74, 6) is 1.71. The predicted molar refractivity (Wildman–Crippen MR) is 68.2 cm³/mol. The van der Waals surface area contributed by atoms with Crippen molar-refractivity contribution >= 4 is 0 Å². The van der Waals surface area contributed by atoms with Crippen LogP contribution in [-0.4, -0.2) is 24.9 Å². The van der Waals surface area contributed by atoms with Crippen LogP contribution in [0, 0.1) is 5.92 Å². The Kier molecular flexibility index (Phi) is 4.40. The Labute approximate surface area is 103 Å². The zero-order valence-corrected chi connectivity index (χ0v) is 10.4. The van der Waals surface area contributed by atoms with E-state index in [1.807, 2.05) is 31.2 Å². The minimum Gasteiger partial charge on any atom is -0.494 e. The van der Waals surface area contributed by atoms with Crippen LogP contribution in [0.4, 0.5) is 0 Å². The first-order valence-electron chi connectivity index (χ1n) is 6.40. The summed E-state index contributed by atoms with van der Waals surface area (Å²) in [5.41, 5.74) is 1.12. The molecule has 0 spiro atoms. The maximum Gasteiger partial charge on any atom is 0.119 e. The first kappa shape index (κ1) is 12.4. The molecular formula is C14H21NO2. The third kappa shape index (κ3) is 3.72. The molecule has 1 aromatic carbocycles. The monoisotopic (exact) mass is 235 g/mol. The summed E-state index contributed by atoms with van der Waals surface area (Å²) in [6.45, 7) is 3.81. The van der Waals surface area contributed by atoms with Gasteiger partial charge in [-0.15, -0.1) is 0 Å². The molecule has 94 valence electrons. The van der Waals surface area contributed by atoms with Crippen molar-refractivity contribution in [3.63, 3.8) is 0 Å². The molecule has 2 N–H and O–H groups in total. The lowest BCUT2D eigenvalue weighted by Crippen LogP contribution is -2.26. The molecule has 0 aliphatic heterocycles. The van der Waals surface area contributed by atoms with E-state index < -0.39 is 0 Å². The molecule has 1 saturated carbocycles. The van der Waals surface area contributed by atoms with Gasteiger partial charge in [0.25, 0.3) is 0 Å². The Hall–Kier alpha value is -1.06. The molecule has 3 heteroatoms. The van der Waals surface area contributed by atoms with Crippen molar-refractivity contribution in [3.8, 4) is 5.75 Å². The third-order valence-electron chi connectivity index (χ3n) is 3.13. The number of ether oxygens (including phenoxy) is 1. The van der Waals surface area contributed by atoms with Crippen LogP contribution in [-0.2, 0) is 0 Å². The highest BCUT2D eigenvalue weighted by Crippen LogP contribution is 2.28. The summed E-state index contributed by atoms with van der Waals surface area (Å²) >= 11 is 0. The zero-order chi connectivity index (χ0) is 12.1. The molecule has 2 rings (SSSR count). The number of nitrogens with one attached hydrogen (secondary N) is 1. The van der Waals surface area contributed by atoms with Crippen LogP contribution >= 0.6 is 0 Å². The van der Waals surface area contributed by atoms with Gasteiger partial charge in [0.2, 0.25) is 0 Å². The molecule has 3 nitrogen and oxygen atoms in total. The van der Waals surface area contributed by atoms with Gasteiger partial charge in [-0.25, -0.2) is 0 Å². The van der Waals surface area contributed by atoms with Gasteiger partial charge in [0.1, 0.15) is 5.75 Å². The summed E-state index contributed by atoms with van der Waals surface area (Å²) in [4.78, 5) is 0. The standard InChI is InChI=1S/C14H21NO2/c1-2-17-13-7-5-12(6-8-13)14(10-16)15-9-11-3-4-11/h5-8,11,14-16H,2-4,9-10H2,1H3. The van der Waals surface area contributed by atoms with E-state index in [1.54, 1.807) is 0 Å². The number of hydrogen-bond donors (Lipinski definition) is 2. The lowest BCUT2D eigenvalue weighted by atomic mass is 10.1. The van der Waals surface area contributed by atoms with Gasteiger partial charge in [-0.3, -0.25) is 0 Å². The Morgan fingerprint density at radius 2 is 2.06 bits per heavy atom. The molecule has 1 fully saturated rings. The van der Waals surface area contributed by atoms with Crippen LogP contribution in [0.3, 0.4) is 0 Å². The van der Waals surface area contributed by atoms with Gasteiger partial charge in [0.05, 0.1) is 19.3 Å². The minimum absolute atomic E-state index is 0.0475. The predicted octanol–water partition coefficient (Wildman–Crippen LogP) is 2.12. The van der Waals surface area contributed by atoms with E-state index in [0.717, 1.165) is 23.8 Å². The van der Waals surface area contributed by atoms with Crippen LogP contribution in [0.5, 0.6) is 5.75 Å². The quantitative estimate of drug-likeness (QED) is 0.760. The molecule has 1 aliphatic carbocycles. The second-order valence-electron chi connectivity index (χ2n) is 4.59. The maximum absolute atomic E-state index is 9.39. The summed E-state index contributed by atoms with van der Waals surface area (Å²) in [7, 11) is 0. The van der Waals surface area contributed by atoms with Gasteiger partial charge >= 0.3 is 0 Å². The third-order valence-corrected chi connectivity index (χ3v) is 3.13. The maximum atomic E-state index is 9.39. The van der Waals surface area contributed by atoms with Crippen molar-refractivity contribution in [3.05, 3.63) is 29.8 Å². The smallest absolute Gasteiger partial charge is 0.119 e. The fourth-order valence-corrected chi connectivity index (χ4v) is 1.88. The molecule has 0 heterocycles. The largest absolute Gasteiger partial charge is 0.494 e. The van der Waals surface area contributed by atoms with Crippen molar-refractivity contribution in [2.24, 2.45) is 5.92 Å². The molecule has 0 saturated heterocycles. The Morgan fingerprint density at radius 1 is 1.35 bits per heavy atom. The molecule has 1 atom stereocenters. The van der Waals surface area contributed by atoms with Crippen LogP contribution in [0.1, 0.15) is 31.4 Å². The van der Waals surface area contributed by atoms with Crippen molar-refractivity contribution in [2.45, 2.75) is 25.8 Å². The van der Waals surface area contributed by atoms with E-state index in [2.05, 4.69) is 5.32 Å². The van der Waals surface area contributed by atoms with Gasteiger partial charge < -0.3 is 15.2 Å².